The second-order valence-electron chi connectivity index (χ2n) is 8.69. The van der Waals surface area contributed by atoms with Gasteiger partial charge in [-0.15, -0.1) is 0 Å². The molecule has 0 aliphatic carbocycles. The molecule has 32 heavy (non-hydrogen) atoms. The number of nitrogens with one attached hydrogen (secondary N) is 1. The zero-order valence-electron chi connectivity index (χ0n) is 19.6. The summed E-state index contributed by atoms with van der Waals surface area (Å²) in [5, 5.41) is 3.70. The molecule has 1 aromatic heterocycles. The highest BCUT2D eigenvalue weighted by Crippen LogP contribution is 2.35. The van der Waals surface area contributed by atoms with E-state index in [1.165, 1.54) is 18.4 Å². The Balaban J connectivity index is 1.36. The molecule has 3 heterocycles. The Morgan fingerprint density at radius 1 is 1.09 bits per heavy atom. The Kier molecular flexibility index (Phi) is 7.47. The van der Waals surface area contributed by atoms with Gasteiger partial charge in [0, 0.05) is 52.0 Å². The molecule has 2 fully saturated rings. The predicted molar refractivity (Wildman–Crippen MR) is 130 cm³/mol. The van der Waals surface area contributed by atoms with Crippen LogP contribution in [0.2, 0.25) is 0 Å². The molecule has 7 nitrogen and oxygen atoms in total. The number of piperazine rings is 1. The summed E-state index contributed by atoms with van der Waals surface area (Å²) in [4.78, 5) is 16.3. The van der Waals surface area contributed by atoms with Crippen molar-refractivity contribution in [3.05, 3.63) is 54.2 Å². The number of pyridine rings is 1. The number of aliphatic imine (C=N–C) groups is 1. The fourth-order valence-corrected chi connectivity index (χ4v) is 5.04. The highest BCUT2D eigenvalue weighted by Gasteiger charge is 2.31. The SMILES string of the molecule is CN=C(NCC1CCCN(C)C1c1ccc(OC)cc1)N1CCN(c2ccccn2)CC1. The van der Waals surface area contributed by atoms with Gasteiger partial charge in [-0.2, -0.15) is 0 Å². The molecule has 2 atom stereocenters. The molecule has 1 aromatic carbocycles. The van der Waals surface area contributed by atoms with Crippen LogP contribution in [0.15, 0.2) is 53.7 Å². The molecule has 2 aliphatic rings. The molecule has 2 unspecified atom stereocenters. The van der Waals surface area contributed by atoms with E-state index in [1.54, 1.807) is 7.11 Å². The first-order valence-electron chi connectivity index (χ1n) is 11.7. The van der Waals surface area contributed by atoms with Crippen molar-refractivity contribution in [3.8, 4) is 5.75 Å². The van der Waals surface area contributed by atoms with Gasteiger partial charge >= 0.3 is 0 Å². The maximum absolute atomic E-state index is 5.35. The van der Waals surface area contributed by atoms with Crippen LogP contribution in [0.3, 0.4) is 0 Å². The molecular weight excluding hydrogens is 400 g/mol. The predicted octanol–water partition coefficient (Wildman–Crippen LogP) is 2.87. The van der Waals surface area contributed by atoms with Gasteiger partial charge in [0.2, 0.25) is 0 Å². The minimum atomic E-state index is 0.404. The second kappa shape index (κ2) is 10.7. The lowest BCUT2D eigenvalue weighted by molar-refractivity contribution is 0.122. The maximum Gasteiger partial charge on any atom is 0.193 e. The van der Waals surface area contributed by atoms with Crippen molar-refractivity contribution in [2.24, 2.45) is 10.9 Å². The smallest absolute Gasteiger partial charge is 0.193 e. The quantitative estimate of drug-likeness (QED) is 0.575. The van der Waals surface area contributed by atoms with Crippen molar-refractivity contribution in [1.29, 1.82) is 0 Å². The number of methoxy groups -OCH3 is 1. The van der Waals surface area contributed by atoms with Crippen LogP contribution >= 0.6 is 0 Å². The summed E-state index contributed by atoms with van der Waals surface area (Å²) in [6.07, 6.45) is 4.32. The Hall–Kier alpha value is -2.80. The van der Waals surface area contributed by atoms with Crippen molar-refractivity contribution < 1.29 is 4.74 Å². The lowest BCUT2D eigenvalue weighted by Crippen LogP contribution is -2.54. The van der Waals surface area contributed by atoms with Gasteiger partial charge in [0.15, 0.2) is 5.96 Å². The number of nitrogens with zero attached hydrogens (tertiary/aromatic N) is 5. The number of piperidine rings is 1. The summed E-state index contributed by atoms with van der Waals surface area (Å²) < 4.78 is 5.35. The first kappa shape index (κ1) is 22.4. The molecule has 172 valence electrons. The van der Waals surface area contributed by atoms with Gasteiger partial charge in [0.1, 0.15) is 11.6 Å². The minimum Gasteiger partial charge on any atom is -0.497 e. The highest BCUT2D eigenvalue weighted by atomic mass is 16.5. The number of ether oxygens (including phenoxy) is 1. The number of hydrogen-bond acceptors (Lipinski definition) is 5. The normalized spacial score (nSPS) is 22.7. The van der Waals surface area contributed by atoms with Gasteiger partial charge in [-0.05, 0) is 62.2 Å². The highest BCUT2D eigenvalue weighted by molar-refractivity contribution is 5.80. The number of anilines is 1. The molecule has 0 radical (unpaired) electrons. The van der Waals surface area contributed by atoms with Crippen LogP contribution in [0.1, 0.15) is 24.4 Å². The monoisotopic (exact) mass is 436 g/mol. The van der Waals surface area contributed by atoms with E-state index in [4.69, 9.17) is 4.74 Å². The van der Waals surface area contributed by atoms with Crippen LogP contribution in [-0.2, 0) is 0 Å². The molecule has 0 saturated carbocycles. The van der Waals surface area contributed by atoms with Gasteiger partial charge in [-0.1, -0.05) is 18.2 Å². The minimum absolute atomic E-state index is 0.404. The third kappa shape index (κ3) is 5.15. The van der Waals surface area contributed by atoms with E-state index in [9.17, 15) is 0 Å². The average molecular weight is 437 g/mol. The molecule has 2 aliphatic heterocycles. The van der Waals surface area contributed by atoms with Crippen LogP contribution in [0.5, 0.6) is 5.75 Å². The Labute approximate surface area is 192 Å². The fourth-order valence-electron chi connectivity index (χ4n) is 5.04. The topological polar surface area (TPSA) is 56.2 Å². The summed E-state index contributed by atoms with van der Waals surface area (Å²) in [6.45, 7) is 5.87. The summed E-state index contributed by atoms with van der Waals surface area (Å²) in [6, 6.07) is 15.1. The zero-order chi connectivity index (χ0) is 22.3. The van der Waals surface area contributed by atoms with E-state index in [2.05, 4.69) is 73.4 Å². The van der Waals surface area contributed by atoms with E-state index in [0.29, 0.717) is 12.0 Å². The molecule has 2 aromatic rings. The first-order valence-corrected chi connectivity index (χ1v) is 11.7. The lowest BCUT2D eigenvalue weighted by atomic mass is 9.85. The van der Waals surface area contributed by atoms with Crippen molar-refractivity contribution in [2.45, 2.75) is 18.9 Å². The number of guanidine groups is 1. The standard InChI is InChI=1S/C25H36N6O/c1-26-25(31-17-15-30(16-18-31)23-8-4-5-13-27-23)28-19-21-7-6-14-29(2)24(21)20-9-11-22(32-3)12-10-20/h4-5,8-13,21,24H,6-7,14-19H2,1-3H3,(H,26,28). The van der Waals surface area contributed by atoms with Crippen molar-refractivity contribution in [1.82, 2.24) is 20.1 Å². The van der Waals surface area contributed by atoms with E-state index < -0.39 is 0 Å². The molecule has 4 rings (SSSR count). The Morgan fingerprint density at radius 2 is 1.88 bits per heavy atom. The number of rotatable bonds is 5. The molecule has 2 saturated heterocycles. The summed E-state index contributed by atoms with van der Waals surface area (Å²) in [7, 11) is 5.85. The van der Waals surface area contributed by atoms with E-state index in [0.717, 1.165) is 56.8 Å². The molecule has 1 N–H and O–H groups in total. The fraction of sp³-hybridized carbons (Fsp3) is 0.520. The van der Waals surface area contributed by atoms with E-state index in [-0.39, 0.29) is 0 Å². The van der Waals surface area contributed by atoms with E-state index in [1.807, 2.05) is 19.3 Å². The Morgan fingerprint density at radius 3 is 2.53 bits per heavy atom. The van der Waals surface area contributed by atoms with Crippen LogP contribution < -0.4 is 15.0 Å². The van der Waals surface area contributed by atoms with Crippen LogP contribution in [0.4, 0.5) is 5.82 Å². The van der Waals surface area contributed by atoms with Gasteiger partial charge in [0.25, 0.3) is 0 Å². The number of likely N-dealkylation sites (tertiary alicyclic amines) is 1. The summed E-state index contributed by atoms with van der Waals surface area (Å²) in [5.41, 5.74) is 1.36. The zero-order valence-corrected chi connectivity index (χ0v) is 19.6. The molecule has 0 spiro atoms. The van der Waals surface area contributed by atoms with E-state index >= 15 is 0 Å². The first-order chi connectivity index (χ1) is 15.7. The van der Waals surface area contributed by atoms with Gasteiger partial charge in [-0.3, -0.25) is 9.89 Å². The third-order valence-electron chi connectivity index (χ3n) is 6.75. The number of benzene rings is 1. The maximum atomic E-state index is 5.35. The van der Waals surface area contributed by atoms with Gasteiger partial charge in [0.05, 0.1) is 7.11 Å². The molecule has 0 bridgehead atoms. The number of aromatic nitrogens is 1. The summed E-state index contributed by atoms with van der Waals surface area (Å²) in [5.74, 6) is 3.51. The lowest BCUT2D eigenvalue weighted by Gasteiger charge is -2.41. The molecular formula is C25H36N6O. The average Bonchev–Trinajstić information content (AvgIpc) is 2.85. The van der Waals surface area contributed by atoms with Crippen molar-refractivity contribution in [3.63, 3.8) is 0 Å². The van der Waals surface area contributed by atoms with Crippen molar-refractivity contribution in [2.75, 3.05) is 65.4 Å². The van der Waals surface area contributed by atoms with Gasteiger partial charge in [-0.25, -0.2) is 4.98 Å². The largest absolute Gasteiger partial charge is 0.497 e. The van der Waals surface area contributed by atoms with Crippen LogP contribution in [0.25, 0.3) is 0 Å². The second-order valence-corrected chi connectivity index (χ2v) is 8.69. The summed E-state index contributed by atoms with van der Waals surface area (Å²) >= 11 is 0. The number of hydrogen-bond donors (Lipinski definition) is 1. The molecule has 7 heteroatoms. The Bertz CT molecular complexity index is 864. The third-order valence-corrected chi connectivity index (χ3v) is 6.75. The van der Waals surface area contributed by atoms with Gasteiger partial charge < -0.3 is 19.9 Å². The molecule has 0 amide bonds. The van der Waals surface area contributed by atoms with Crippen LogP contribution in [0, 0.1) is 5.92 Å². The van der Waals surface area contributed by atoms with Crippen molar-refractivity contribution >= 4 is 11.8 Å². The van der Waals surface area contributed by atoms with Crippen LogP contribution in [-0.4, -0.2) is 81.2 Å².